The van der Waals surface area contributed by atoms with E-state index >= 15 is 0 Å². The quantitative estimate of drug-likeness (QED) is 0.422. The highest BCUT2D eigenvalue weighted by molar-refractivity contribution is 9.10. The van der Waals surface area contributed by atoms with Gasteiger partial charge in [0, 0.05) is 42.4 Å². The second kappa shape index (κ2) is 8.90. The van der Waals surface area contributed by atoms with Crippen molar-refractivity contribution in [2.24, 2.45) is 0 Å². The number of aryl methyl sites for hydroxylation is 1. The van der Waals surface area contributed by atoms with Gasteiger partial charge in [-0.05, 0) is 31.0 Å². The third-order valence-corrected chi connectivity index (χ3v) is 8.28. The number of rotatable bonds is 4. The highest BCUT2D eigenvalue weighted by Crippen LogP contribution is 2.25. The van der Waals surface area contributed by atoms with E-state index in [9.17, 15) is 22.8 Å². The van der Waals surface area contributed by atoms with Gasteiger partial charge in [0.1, 0.15) is 6.04 Å². The van der Waals surface area contributed by atoms with Gasteiger partial charge < -0.3 is 9.88 Å². The Morgan fingerprint density at radius 3 is 2.31 bits per heavy atom. The number of hydrogen-bond donors (Lipinski definition) is 4. The summed E-state index contributed by atoms with van der Waals surface area (Å²) in [5.74, 6) is -0.104. The van der Waals surface area contributed by atoms with Crippen molar-refractivity contribution in [3.8, 4) is 0 Å². The zero-order chi connectivity index (χ0) is 23.0. The van der Waals surface area contributed by atoms with E-state index in [-0.39, 0.29) is 43.8 Å². The summed E-state index contributed by atoms with van der Waals surface area (Å²) in [4.78, 5) is 41.8. The van der Waals surface area contributed by atoms with E-state index in [0.717, 1.165) is 14.3 Å². The molecule has 32 heavy (non-hydrogen) atoms. The number of H-pyrrole nitrogens is 2. The van der Waals surface area contributed by atoms with Crippen LogP contribution >= 0.6 is 15.9 Å². The maximum absolute atomic E-state index is 13.0. The molecule has 2 aromatic rings. The molecule has 0 aliphatic carbocycles. The zero-order valence-corrected chi connectivity index (χ0v) is 19.6. The van der Waals surface area contributed by atoms with Crippen LogP contribution in [0.3, 0.4) is 0 Å². The number of carbonyl (C=O) groups excluding carboxylic acids is 1. The van der Waals surface area contributed by atoms with Crippen LogP contribution in [0.2, 0.25) is 0 Å². The van der Waals surface area contributed by atoms with Crippen molar-refractivity contribution in [3.05, 3.63) is 60.8 Å². The number of carbonyl (C=O) groups is 1. The molecule has 3 heterocycles. The summed E-state index contributed by atoms with van der Waals surface area (Å²) in [7, 11) is -4.11. The molecule has 2 aliphatic heterocycles. The van der Waals surface area contributed by atoms with Gasteiger partial charge >= 0.3 is 5.69 Å². The molecule has 0 bridgehead atoms. The predicted molar refractivity (Wildman–Crippen MR) is 119 cm³/mol. The number of hydrogen-bond acceptors (Lipinski definition) is 7. The van der Waals surface area contributed by atoms with Crippen molar-refractivity contribution in [3.63, 3.8) is 0 Å². The molecule has 1 aromatic carbocycles. The Balaban J connectivity index is 1.39. The van der Waals surface area contributed by atoms with Gasteiger partial charge in [-0.2, -0.15) is 4.31 Å². The Hall–Kier alpha value is -2.32. The number of sulfonamides is 1. The van der Waals surface area contributed by atoms with Crippen molar-refractivity contribution in [2.75, 3.05) is 26.2 Å². The van der Waals surface area contributed by atoms with Crippen LogP contribution in [0.25, 0.3) is 0 Å². The molecular weight excluding hydrogens is 504 g/mol. The lowest BCUT2D eigenvalue weighted by atomic mass is 10.0. The van der Waals surface area contributed by atoms with Gasteiger partial charge in [-0.3, -0.25) is 14.6 Å². The Labute approximate surface area is 192 Å². The summed E-state index contributed by atoms with van der Waals surface area (Å²) in [6, 6.07) is 7.44. The van der Waals surface area contributed by atoms with Crippen LogP contribution in [0.4, 0.5) is 0 Å². The highest BCUT2D eigenvalue weighted by atomic mass is 79.9. The number of amides is 1. The molecule has 4 rings (SSSR count). The number of aromatic nitrogens is 2. The van der Waals surface area contributed by atoms with Crippen LogP contribution in [-0.4, -0.2) is 65.7 Å². The molecule has 11 nitrogen and oxygen atoms in total. The Bertz CT molecular complexity index is 1230. The van der Waals surface area contributed by atoms with E-state index in [0.29, 0.717) is 6.42 Å². The van der Waals surface area contributed by atoms with Crippen molar-refractivity contribution in [1.29, 1.82) is 0 Å². The number of nitrogens with zero attached hydrogens (tertiary/aromatic N) is 2. The molecule has 2 atom stereocenters. The number of piperazine rings is 1. The van der Waals surface area contributed by atoms with Gasteiger partial charge in [0.2, 0.25) is 15.9 Å². The first-order valence-corrected chi connectivity index (χ1v) is 12.3. The lowest BCUT2D eigenvalue weighted by Gasteiger charge is -2.35. The molecule has 2 fully saturated rings. The molecule has 0 spiro atoms. The Morgan fingerprint density at radius 1 is 1.03 bits per heavy atom. The number of halogens is 1. The normalized spacial score (nSPS) is 22.2. The maximum atomic E-state index is 13.0. The van der Waals surface area contributed by atoms with Gasteiger partial charge in [-0.25, -0.2) is 24.1 Å². The summed E-state index contributed by atoms with van der Waals surface area (Å²) in [5, 5.41) is 0. The van der Waals surface area contributed by atoms with Crippen LogP contribution < -0.4 is 22.1 Å². The fourth-order valence-corrected chi connectivity index (χ4v) is 5.92. The molecule has 13 heteroatoms. The van der Waals surface area contributed by atoms with Crippen molar-refractivity contribution in [1.82, 2.24) is 30.0 Å². The summed E-state index contributed by atoms with van der Waals surface area (Å²) in [6.45, 7) is 1.90. The average Bonchev–Trinajstić information content (AvgIpc) is 3.23. The molecule has 2 saturated heterocycles. The van der Waals surface area contributed by atoms with Crippen molar-refractivity contribution in [2.45, 2.75) is 30.3 Å². The van der Waals surface area contributed by atoms with Crippen LogP contribution in [0.1, 0.15) is 23.7 Å². The first-order valence-electron chi connectivity index (χ1n) is 10.1. The zero-order valence-electron chi connectivity index (χ0n) is 17.2. The molecule has 1 amide bonds. The van der Waals surface area contributed by atoms with Gasteiger partial charge in [0.05, 0.1) is 0 Å². The Kier molecular flexibility index (Phi) is 6.36. The SMILES string of the molecule is Cc1[nH]c(=O)[nH]c(=O)c1S(=O)(=O)N1CCN(C(=O)C2CC(c3ccc(Br)cc3)NN2)CC1. The van der Waals surface area contributed by atoms with E-state index in [4.69, 9.17) is 0 Å². The molecule has 172 valence electrons. The average molecular weight is 527 g/mol. The summed E-state index contributed by atoms with van der Waals surface area (Å²) in [5.41, 5.74) is 5.52. The molecule has 0 radical (unpaired) electrons. The lowest BCUT2D eigenvalue weighted by molar-refractivity contribution is -0.134. The minimum absolute atomic E-state index is 0.00588. The molecule has 1 aromatic heterocycles. The van der Waals surface area contributed by atoms with E-state index in [1.165, 1.54) is 6.92 Å². The highest BCUT2D eigenvalue weighted by Gasteiger charge is 2.37. The standard InChI is InChI=1S/C19H23BrN6O5S/c1-11-16(17(27)22-19(29)21-11)32(30,31)26-8-6-25(7-9-26)18(28)15-10-14(23-24-15)12-2-4-13(20)5-3-12/h2-5,14-15,23-24H,6-10H2,1H3,(H2,21,22,27,29). The topological polar surface area (TPSA) is 147 Å². The number of hydrazine groups is 1. The first-order chi connectivity index (χ1) is 15.2. The third kappa shape index (κ3) is 4.43. The van der Waals surface area contributed by atoms with Crippen molar-refractivity contribution >= 4 is 31.9 Å². The molecule has 2 aliphatic rings. The molecule has 4 N–H and O–H groups in total. The summed E-state index contributed by atoms with van der Waals surface area (Å²) >= 11 is 3.41. The summed E-state index contributed by atoms with van der Waals surface area (Å²) in [6.07, 6.45) is 0.574. The molecule has 2 unspecified atom stereocenters. The first kappa shape index (κ1) is 22.9. The number of nitrogens with one attached hydrogen (secondary N) is 4. The van der Waals surface area contributed by atoms with Gasteiger partial charge in [-0.15, -0.1) is 0 Å². The second-order valence-electron chi connectivity index (χ2n) is 7.77. The molecule has 0 saturated carbocycles. The van der Waals surface area contributed by atoms with E-state index in [1.54, 1.807) is 4.90 Å². The number of aromatic amines is 2. The van der Waals surface area contributed by atoms with Crippen LogP contribution in [-0.2, 0) is 14.8 Å². The number of benzene rings is 1. The minimum atomic E-state index is -4.11. The van der Waals surface area contributed by atoms with Gasteiger partial charge in [0.25, 0.3) is 5.56 Å². The van der Waals surface area contributed by atoms with Crippen molar-refractivity contribution < 1.29 is 13.2 Å². The van der Waals surface area contributed by atoms with E-state index < -0.39 is 32.2 Å². The van der Waals surface area contributed by atoms with E-state index in [2.05, 4.69) is 31.8 Å². The van der Waals surface area contributed by atoms with Crippen LogP contribution in [0, 0.1) is 6.92 Å². The largest absolute Gasteiger partial charge is 0.339 e. The van der Waals surface area contributed by atoms with Crippen LogP contribution in [0.5, 0.6) is 0 Å². The summed E-state index contributed by atoms with van der Waals surface area (Å²) < 4.78 is 28.0. The molecular formula is C19H23BrN6O5S. The fourth-order valence-electron chi connectivity index (χ4n) is 4.03. The van der Waals surface area contributed by atoms with E-state index in [1.807, 2.05) is 29.2 Å². The minimum Gasteiger partial charge on any atom is -0.339 e. The lowest BCUT2D eigenvalue weighted by Crippen LogP contribution is -2.55. The fraction of sp³-hybridized carbons (Fsp3) is 0.421. The predicted octanol–water partition coefficient (Wildman–Crippen LogP) is -0.425. The smallest absolute Gasteiger partial charge is 0.325 e. The third-order valence-electron chi connectivity index (χ3n) is 5.70. The monoisotopic (exact) mass is 526 g/mol. The van der Waals surface area contributed by atoms with Gasteiger partial charge in [0.15, 0.2) is 4.90 Å². The maximum Gasteiger partial charge on any atom is 0.325 e. The van der Waals surface area contributed by atoms with Crippen LogP contribution in [0.15, 0.2) is 43.2 Å². The Morgan fingerprint density at radius 2 is 1.69 bits per heavy atom. The second-order valence-corrected chi connectivity index (χ2v) is 10.6. The van der Waals surface area contributed by atoms with Gasteiger partial charge in [-0.1, -0.05) is 28.1 Å².